The van der Waals surface area contributed by atoms with Gasteiger partial charge in [-0.15, -0.1) is 0 Å². The first-order valence-corrected chi connectivity index (χ1v) is 7.53. The van der Waals surface area contributed by atoms with Gasteiger partial charge in [0.25, 0.3) is 0 Å². The Morgan fingerprint density at radius 3 is 2.56 bits per heavy atom. The van der Waals surface area contributed by atoms with Gasteiger partial charge in [-0.05, 0) is 37.3 Å². The monoisotopic (exact) mass is 269 g/mol. The molecule has 1 atom stereocenters. The van der Waals surface area contributed by atoms with Crippen molar-refractivity contribution in [2.75, 3.05) is 32.8 Å². The molecule has 1 rings (SSSR count). The molecule has 0 fully saturated rings. The van der Waals surface area contributed by atoms with Crippen molar-refractivity contribution in [2.45, 2.75) is 19.4 Å². The lowest BCUT2D eigenvalue weighted by atomic mass is 10.1. The zero-order chi connectivity index (χ0) is 13.4. The third kappa shape index (κ3) is 4.78. The molecule has 0 amide bonds. The third-order valence-electron chi connectivity index (χ3n) is 2.79. The first-order valence-electron chi connectivity index (χ1n) is 6.14. The summed E-state index contributed by atoms with van der Waals surface area (Å²) in [5, 5.41) is 3.51. The van der Waals surface area contributed by atoms with Gasteiger partial charge < -0.3 is 14.8 Å². The summed E-state index contributed by atoms with van der Waals surface area (Å²) in [6.45, 7) is 3.26. The number of hydrogen-bond acceptors (Lipinski definition) is 4. The van der Waals surface area contributed by atoms with Crippen molar-refractivity contribution in [3.8, 4) is 11.5 Å². The van der Waals surface area contributed by atoms with Gasteiger partial charge in [0, 0.05) is 18.3 Å². The average Bonchev–Trinajstić information content (AvgIpc) is 2.39. The third-order valence-corrected chi connectivity index (χ3v) is 3.40. The van der Waals surface area contributed by atoms with Gasteiger partial charge in [0.1, 0.15) is 0 Å². The molecule has 0 heterocycles. The van der Waals surface area contributed by atoms with E-state index in [0.29, 0.717) is 6.04 Å². The number of thioether (sulfide) groups is 1. The Hall–Kier alpha value is -0.870. The molecule has 0 aliphatic heterocycles. The minimum atomic E-state index is 0.468. The Bertz CT molecular complexity index is 358. The van der Waals surface area contributed by atoms with E-state index in [1.807, 2.05) is 23.9 Å². The van der Waals surface area contributed by atoms with Crippen LogP contribution < -0.4 is 14.8 Å². The lowest BCUT2D eigenvalue weighted by Crippen LogP contribution is -2.30. The molecule has 0 bridgehead atoms. The molecule has 0 saturated heterocycles. The highest BCUT2D eigenvalue weighted by atomic mass is 32.2. The second-order valence-corrected chi connectivity index (χ2v) is 5.23. The normalized spacial score (nSPS) is 12.2. The highest BCUT2D eigenvalue weighted by molar-refractivity contribution is 7.98. The Kier molecular flexibility index (Phi) is 6.98. The second-order valence-electron chi connectivity index (χ2n) is 4.24. The lowest BCUT2D eigenvalue weighted by Gasteiger charge is -2.15. The van der Waals surface area contributed by atoms with E-state index in [4.69, 9.17) is 9.47 Å². The fraction of sp³-hybridized carbons (Fsp3) is 0.571. The predicted octanol–water partition coefficient (Wildman–Crippen LogP) is 2.59. The molecule has 1 aromatic rings. The van der Waals surface area contributed by atoms with Gasteiger partial charge in [0.2, 0.25) is 0 Å². The number of hydrogen-bond donors (Lipinski definition) is 1. The van der Waals surface area contributed by atoms with Crippen LogP contribution in [0.25, 0.3) is 0 Å². The average molecular weight is 269 g/mol. The topological polar surface area (TPSA) is 30.5 Å². The van der Waals surface area contributed by atoms with E-state index >= 15 is 0 Å². The van der Waals surface area contributed by atoms with Gasteiger partial charge in [-0.1, -0.05) is 6.07 Å². The van der Waals surface area contributed by atoms with Crippen LogP contribution in [0.1, 0.15) is 12.5 Å². The second kappa shape index (κ2) is 8.27. The summed E-state index contributed by atoms with van der Waals surface area (Å²) >= 11 is 1.86. The van der Waals surface area contributed by atoms with Crippen LogP contribution in [0.3, 0.4) is 0 Å². The van der Waals surface area contributed by atoms with E-state index in [-0.39, 0.29) is 0 Å². The van der Waals surface area contributed by atoms with Crippen LogP contribution >= 0.6 is 11.8 Å². The number of methoxy groups -OCH3 is 2. The summed E-state index contributed by atoms with van der Waals surface area (Å²) in [6, 6.07) is 6.57. The number of benzene rings is 1. The minimum Gasteiger partial charge on any atom is -0.493 e. The maximum Gasteiger partial charge on any atom is 0.160 e. The van der Waals surface area contributed by atoms with E-state index in [9.17, 15) is 0 Å². The molecule has 0 aliphatic rings. The van der Waals surface area contributed by atoms with Crippen molar-refractivity contribution < 1.29 is 9.47 Å². The van der Waals surface area contributed by atoms with Gasteiger partial charge in [-0.25, -0.2) is 0 Å². The van der Waals surface area contributed by atoms with Crippen molar-refractivity contribution in [1.29, 1.82) is 0 Å². The maximum absolute atomic E-state index is 5.31. The Labute approximate surface area is 114 Å². The summed E-state index contributed by atoms with van der Waals surface area (Å²) < 4.78 is 10.5. The highest BCUT2D eigenvalue weighted by Gasteiger charge is 2.07. The smallest absolute Gasteiger partial charge is 0.160 e. The predicted molar refractivity (Wildman–Crippen MR) is 79.1 cm³/mol. The van der Waals surface area contributed by atoms with E-state index in [2.05, 4.69) is 24.6 Å². The first-order chi connectivity index (χ1) is 8.71. The zero-order valence-electron chi connectivity index (χ0n) is 11.7. The summed E-state index contributed by atoms with van der Waals surface area (Å²) in [4.78, 5) is 0. The van der Waals surface area contributed by atoms with Gasteiger partial charge in [-0.2, -0.15) is 11.8 Å². The molecule has 1 unspecified atom stereocenters. The molecule has 1 N–H and O–H groups in total. The molecule has 0 aliphatic carbocycles. The van der Waals surface area contributed by atoms with Crippen molar-refractivity contribution in [1.82, 2.24) is 5.32 Å². The molecule has 3 nitrogen and oxygen atoms in total. The van der Waals surface area contributed by atoms with Crippen LogP contribution in [0.5, 0.6) is 11.5 Å². The van der Waals surface area contributed by atoms with Crippen molar-refractivity contribution in [3.63, 3.8) is 0 Å². The molecule has 0 aromatic heterocycles. The number of rotatable bonds is 8. The van der Waals surface area contributed by atoms with Crippen molar-refractivity contribution in [2.24, 2.45) is 0 Å². The van der Waals surface area contributed by atoms with Gasteiger partial charge in [0.15, 0.2) is 11.5 Å². The minimum absolute atomic E-state index is 0.468. The summed E-state index contributed by atoms with van der Waals surface area (Å²) in [5.74, 6) is 2.73. The van der Waals surface area contributed by atoms with E-state index in [1.54, 1.807) is 14.2 Å². The number of ether oxygens (including phenoxy) is 2. The molecule has 0 radical (unpaired) electrons. The van der Waals surface area contributed by atoms with Gasteiger partial charge >= 0.3 is 0 Å². The van der Waals surface area contributed by atoms with E-state index in [1.165, 1.54) is 5.56 Å². The van der Waals surface area contributed by atoms with Crippen LogP contribution in [0.2, 0.25) is 0 Å². The Morgan fingerprint density at radius 2 is 1.94 bits per heavy atom. The van der Waals surface area contributed by atoms with Crippen molar-refractivity contribution in [3.05, 3.63) is 23.8 Å². The van der Waals surface area contributed by atoms with Crippen LogP contribution in [-0.2, 0) is 6.42 Å². The summed E-state index contributed by atoms with van der Waals surface area (Å²) in [7, 11) is 3.33. The molecule has 102 valence electrons. The number of nitrogens with one attached hydrogen (secondary N) is 1. The van der Waals surface area contributed by atoms with Crippen LogP contribution in [0.4, 0.5) is 0 Å². The molecule has 0 saturated carbocycles. The van der Waals surface area contributed by atoms with E-state index < -0.39 is 0 Å². The molecule has 4 heteroatoms. The highest BCUT2D eigenvalue weighted by Crippen LogP contribution is 2.27. The fourth-order valence-electron chi connectivity index (χ4n) is 1.84. The lowest BCUT2D eigenvalue weighted by molar-refractivity contribution is 0.354. The van der Waals surface area contributed by atoms with Crippen LogP contribution in [-0.4, -0.2) is 38.8 Å². The van der Waals surface area contributed by atoms with Crippen molar-refractivity contribution >= 4 is 11.8 Å². The summed E-state index contributed by atoms with van der Waals surface area (Å²) in [5.41, 5.74) is 1.26. The van der Waals surface area contributed by atoms with Crippen LogP contribution in [0, 0.1) is 0 Å². The molecule has 0 spiro atoms. The Balaban J connectivity index is 2.56. The zero-order valence-corrected chi connectivity index (χ0v) is 12.5. The quantitative estimate of drug-likeness (QED) is 0.735. The van der Waals surface area contributed by atoms with Gasteiger partial charge in [-0.3, -0.25) is 0 Å². The summed E-state index contributed by atoms with van der Waals surface area (Å²) in [6.07, 6.45) is 3.12. The molecule has 1 aromatic carbocycles. The van der Waals surface area contributed by atoms with Gasteiger partial charge in [0.05, 0.1) is 14.2 Å². The fourth-order valence-corrected chi connectivity index (χ4v) is 2.16. The van der Waals surface area contributed by atoms with Crippen LogP contribution in [0.15, 0.2) is 18.2 Å². The van der Waals surface area contributed by atoms with E-state index in [0.717, 1.165) is 30.2 Å². The largest absolute Gasteiger partial charge is 0.493 e. The first kappa shape index (κ1) is 15.2. The Morgan fingerprint density at radius 1 is 1.22 bits per heavy atom. The SMILES string of the molecule is COc1ccc(CC(C)NCCSC)cc1OC. The maximum atomic E-state index is 5.31. The standard InChI is InChI=1S/C14H23NO2S/c1-11(15-7-8-18-4)9-12-5-6-13(16-2)14(10-12)17-3/h5-6,10-11,15H,7-9H2,1-4H3. The molecular formula is C14H23NO2S. The molecule has 18 heavy (non-hydrogen) atoms. The molecular weight excluding hydrogens is 246 g/mol.